The van der Waals surface area contributed by atoms with Gasteiger partial charge in [-0.1, -0.05) is 23.7 Å². The van der Waals surface area contributed by atoms with Gasteiger partial charge in [-0.25, -0.2) is 0 Å². The minimum atomic E-state index is -0.358. The molecule has 1 N–H and O–H groups in total. The third-order valence-corrected chi connectivity index (χ3v) is 3.57. The molecular weight excluding hydrogens is 314 g/mol. The van der Waals surface area contributed by atoms with Crippen LogP contribution < -0.4 is 5.32 Å². The first-order valence-electron chi connectivity index (χ1n) is 7.11. The average molecular weight is 332 g/mol. The standard InChI is InChI=1S/C17H18ClN3O2/c1-11-4-5-12(2)14(8-11)20-16(22)10-21(3)17(23)15-9-13(18)6-7-19-15/h4-9H,10H2,1-3H3,(H,20,22). The third kappa shape index (κ3) is 4.53. The van der Waals surface area contributed by atoms with Crippen LogP contribution >= 0.6 is 11.6 Å². The molecule has 0 aliphatic rings. The zero-order valence-corrected chi connectivity index (χ0v) is 14.0. The molecule has 2 rings (SSSR count). The highest BCUT2D eigenvalue weighted by molar-refractivity contribution is 6.30. The van der Waals surface area contributed by atoms with Crippen molar-refractivity contribution in [2.45, 2.75) is 13.8 Å². The van der Waals surface area contributed by atoms with Crippen molar-refractivity contribution in [3.05, 3.63) is 58.4 Å². The topological polar surface area (TPSA) is 62.3 Å². The largest absolute Gasteiger partial charge is 0.331 e. The molecule has 0 unspecified atom stereocenters. The summed E-state index contributed by atoms with van der Waals surface area (Å²) in [7, 11) is 1.55. The van der Waals surface area contributed by atoms with Crippen LogP contribution in [0, 0.1) is 13.8 Å². The van der Waals surface area contributed by atoms with E-state index in [0.717, 1.165) is 16.8 Å². The number of aryl methyl sites for hydroxylation is 2. The van der Waals surface area contributed by atoms with E-state index in [1.165, 1.54) is 17.2 Å². The Bertz CT molecular complexity index is 746. The molecule has 0 atom stereocenters. The number of hydrogen-bond donors (Lipinski definition) is 1. The Kier molecular flexibility index (Phi) is 5.34. The quantitative estimate of drug-likeness (QED) is 0.936. The number of benzene rings is 1. The van der Waals surface area contributed by atoms with Crippen LogP contribution in [-0.2, 0) is 4.79 Å². The molecule has 0 spiro atoms. The number of pyridine rings is 1. The van der Waals surface area contributed by atoms with E-state index in [2.05, 4.69) is 10.3 Å². The summed E-state index contributed by atoms with van der Waals surface area (Å²) in [6.07, 6.45) is 1.46. The lowest BCUT2D eigenvalue weighted by molar-refractivity contribution is -0.116. The monoisotopic (exact) mass is 331 g/mol. The molecule has 23 heavy (non-hydrogen) atoms. The first kappa shape index (κ1) is 17.0. The van der Waals surface area contributed by atoms with E-state index in [-0.39, 0.29) is 24.1 Å². The van der Waals surface area contributed by atoms with Gasteiger partial charge in [-0.05, 0) is 43.2 Å². The van der Waals surface area contributed by atoms with E-state index >= 15 is 0 Å². The maximum absolute atomic E-state index is 12.2. The van der Waals surface area contributed by atoms with Crippen LogP contribution in [0.5, 0.6) is 0 Å². The second-order valence-electron chi connectivity index (χ2n) is 5.39. The zero-order valence-electron chi connectivity index (χ0n) is 13.3. The lowest BCUT2D eigenvalue weighted by Gasteiger charge is -2.17. The first-order valence-corrected chi connectivity index (χ1v) is 7.48. The summed E-state index contributed by atoms with van der Waals surface area (Å²) in [5.41, 5.74) is 2.98. The summed E-state index contributed by atoms with van der Waals surface area (Å²) in [5.74, 6) is -0.625. The number of rotatable bonds is 4. The highest BCUT2D eigenvalue weighted by atomic mass is 35.5. The summed E-state index contributed by atoms with van der Waals surface area (Å²) >= 11 is 5.85. The maximum atomic E-state index is 12.2. The summed E-state index contributed by atoms with van der Waals surface area (Å²) in [5, 5.41) is 3.25. The molecule has 120 valence electrons. The van der Waals surface area contributed by atoms with Gasteiger partial charge in [0.05, 0.1) is 6.54 Å². The molecular formula is C17H18ClN3O2. The first-order chi connectivity index (χ1) is 10.9. The van der Waals surface area contributed by atoms with Crippen molar-refractivity contribution in [3.8, 4) is 0 Å². The lowest BCUT2D eigenvalue weighted by atomic mass is 10.1. The van der Waals surface area contributed by atoms with Crippen LogP contribution in [0.25, 0.3) is 0 Å². The van der Waals surface area contributed by atoms with Gasteiger partial charge in [-0.3, -0.25) is 14.6 Å². The minimum absolute atomic E-state index is 0.0690. The van der Waals surface area contributed by atoms with Gasteiger partial charge in [0.25, 0.3) is 5.91 Å². The number of anilines is 1. The van der Waals surface area contributed by atoms with Crippen molar-refractivity contribution in [1.29, 1.82) is 0 Å². The molecule has 0 aliphatic heterocycles. The van der Waals surface area contributed by atoms with Gasteiger partial charge in [-0.15, -0.1) is 0 Å². The lowest BCUT2D eigenvalue weighted by Crippen LogP contribution is -2.35. The highest BCUT2D eigenvalue weighted by Crippen LogP contribution is 2.16. The van der Waals surface area contributed by atoms with E-state index in [9.17, 15) is 9.59 Å². The van der Waals surface area contributed by atoms with Crippen molar-refractivity contribution >= 4 is 29.1 Å². The molecule has 2 amide bonds. The van der Waals surface area contributed by atoms with Crippen molar-refractivity contribution in [2.24, 2.45) is 0 Å². The van der Waals surface area contributed by atoms with E-state index in [1.54, 1.807) is 13.1 Å². The predicted molar refractivity (Wildman–Crippen MR) is 90.8 cm³/mol. The van der Waals surface area contributed by atoms with Gasteiger partial charge in [0.15, 0.2) is 0 Å². The zero-order chi connectivity index (χ0) is 17.0. The Morgan fingerprint density at radius 2 is 1.96 bits per heavy atom. The van der Waals surface area contributed by atoms with Crippen LogP contribution in [-0.4, -0.2) is 35.3 Å². The molecule has 0 bridgehead atoms. The number of carbonyl (C=O) groups is 2. The van der Waals surface area contributed by atoms with Crippen LogP contribution in [0.1, 0.15) is 21.6 Å². The second-order valence-corrected chi connectivity index (χ2v) is 5.82. The third-order valence-electron chi connectivity index (χ3n) is 3.34. The Morgan fingerprint density at radius 1 is 1.22 bits per heavy atom. The van der Waals surface area contributed by atoms with E-state index in [0.29, 0.717) is 5.02 Å². The maximum Gasteiger partial charge on any atom is 0.272 e. The number of carbonyl (C=O) groups excluding carboxylic acids is 2. The average Bonchev–Trinajstić information content (AvgIpc) is 2.50. The smallest absolute Gasteiger partial charge is 0.272 e. The van der Waals surface area contributed by atoms with Gasteiger partial charge in [-0.2, -0.15) is 0 Å². The van der Waals surface area contributed by atoms with Crippen LogP contribution in [0.2, 0.25) is 5.02 Å². The fraction of sp³-hybridized carbons (Fsp3) is 0.235. The highest BCUT2D eigenvalue weighted by Gasteiger charge is 2.17. The number of halogens is 1. The van der Waals surface area contributed by atoms with Gasteiger partial charge in [0.2, 0.25) is 5.91 Å². The van der Waals surface area contributed by atoms with Crippen LogP contribution in [0.15, 0.2) is 36.5 Å². The summed E-state index contributed by atoms with van der Waals surface area (Å²) in [4.78, 5) is 29.6. The Labute approximate surface area is 140 Å². The predicted octanol–water partition coefficient (Wildman–Crippen LogP) is 3.06. The molecule has 1 aromatic heterocycles. The second kappa shape index (κ2) is 7.24. The molecule has 6 heteroatoms. The SMILES string of the molecule is Cc1ccc(C)c(NC(=O)CN(C)C(=O)c2cc(Cl)ccn2)c1. The van der Waals surface area contributed by atoms with Gasteiger partial charge in [0.1, 0.15) is 5.69 Å². The molecule has 0 saturated heterocycles. The molecule has 0 fully saturated rings. The number of hydrogen-bond acceptors (Lipinski definition) is 3. The van der Waals surface area contributed by atoms with Gasteiger partial charge >= 0.3 is 0 Å². The fourth-order valence-corrected chi connectivity index (χ4v) is 2.22. The number of nitrogens with one attached hydrogen (secondary N) is 1. The van der Waals surface area contributed by atoms with Crippen molar-refractivity contribution < 1.29 is 9.59 Å². The van der Waals surface area contributed by atoms with Crippen molar-refractivity contribution in [2.75, 3.05) is 18.9 Å². The summed E-state index contributed by atoms with van der Waals surface area (Å²) < 4.78 is 0. The van der Waals surface area contributed by atoms with E-state index in [4.69, 9.17) is 11.6 Å². The number of nitrogens with zero attached hydrogens (tertiary/aromatic N) is 2. The molecule has 0 aliphatic carbocycles. The fourth-order valence-electron chi connectivity index (χ4n) is 2.06. The van der Waals surface area contributed by atoms with Gasteiger partial charge < -0.3 is 10.2 Å². The number of amides is 2. The molecule has 0 radical (unpaired) electrons. The molecule has 1 heterocycles. The molecule has 1 aromatic carbocycles. The van der Waals surface area contributed by atoms with Gasteiger partial charge in [0, 0.05) is 24.0 Å². The Morgan fingerprint density at radius 3 is 2.65 bits per heavy atom. The molecule has 0 saturated carbocycles. The number of aromatic nitrogens is 1. The van der Waals surface area contributed by atoms with Crippen LogP contribution in [0.3, 0.4) is 0 Å². The Hall–Kier alpha value is -2.40. The summed E-state index contributed by atoms with van der Waals surface area (Å²) in [6.45, 7) is 3.80. The van der Waals surface area contributed by atoms with Crippen LogP contribution in [0.4, 0.5) is 5.69 Å². The number of likely N-dealkylation sites (N-methyl/N-ethyl adjacent to an activating group) is 1. The minimum Gasteiger partial charge on any atom is -0.331 e. The van der Waals surface area contributed by atoms with Crippen molar-refractivity contribution in [1.82, 2.24) is 9.88 Å². The van der Waals surface area contributed by atoms with E-state index in [1.807, 2.05) is 32.0 Å². The normalized spacial score (nSPS) is 10.3. The Balaban J connectivity index is 2.02. The van der Waals surface area contributed by atoms with E-state index < -0.39 is 0 Å². The summed E-state index contributed by atoms with van der Waals surface area (Å²) in [6, 6.07) is 8.88. The molecule has 5 nitrogen and oxygen atoms in total. The molecule has 2 aromatic rings. The van der Waals surface area contributed by atoms with Crippen molar-refractivity contribution in [3.63, 3.8) is 0 Å².